The van der Waals surface area contributed by atoms with Crippen LogP contribution in [0, 0.1) is 0 Å². The standard InChI is InChI=1S/C12H15N3OS/c13-12-14-10-3-1-2-4-11(10)15(12)9-5-7-17(16)8-6-9/h1-4,9H,5-8H2,(H2,13,14). The molecule has 1 saturated heterocycles. The van der Waals surface area contributed by atoms with Gasteiger partial charge in [0.1, 0.15) is 0 Å². The summed E-state index contributed by atoms with van der Waals surface area (Å²) in [5, 5.41) is 0. The molecule has 1 aromatic heterocycles. The third kappa shape index (κ3) is 1.84. The molecule has 17 heavy (non-hydrogen) atoms. The highest BCUT2D eigenvalue weighted by Crippen LogP contribution is 2.29. The van der Waals surface area contributed by atoms with Crippen molar-refractivity contribution in [1.29, 1.82) is 0 Å². The number of hydrogen-bond donors (Lipinski definition) is 1. The highest BCUT2D eigenvalue weighted by Gasteiger charge is 2.22. The minimum absolute atomic E-state index is 0.347. The fraction of sp³-hybridized carbons (Fsp3) is 0.417. The minimum Gasteiger partial charge on any atom is -0.369 e. The van der Waals surface area contributed by atoms with Gasteiger partial charge in [-0.1, -0.05) is 12.1 Å². The van der Waals surface area contributed by atoms with E-state index in [0.29, 0.717) is 12.0 Å². The maximum absolute atomic E-state index is 11.4. The van der Waals surface area contributed by atoms with Gasteiger partial charge in [-0.3, -0.25) is 4.21 Å². The number of hydrogen-bond acceptors (Lipinski definition) is 3. The zero-order valence-corrected chi connectivity index (χ0v) is 10.3. The molecule has 4 nitrogen and oxygen atoms in total. The fourth-order valence-corrected chi connectivity index (χ4v) is 3.76. The molecule has 0 radical (unpaired) electrons. The average Bonchev–Trinajstić information content (AvgIpc) is 2.66. The minimum atomic E-state index is -0.637. The van der Waals surface area contributed by atoms with Crippen LogP contribution < -0.4 is 5.73 Å². The molecular formula is C12H15N3OS. The number of rotatable bonds is 1. The molecule has 2 aromatic rings. The summed E-state index contributed by atoms with van der Waals surface area (Å²) in [6.07, 6.45) is 1.86. The van der Waals surface area contributed by atoms with Crippen molar-refractivity contribution < 1.29 is 4.21 Å². The smallest absolute Gasteiger partial charge is 0.201 e. The average molecular weight is 249 g/mol. The Bertz CT molecular complexity index is 568. The van der Waals surface area contributed by atoms with Crippen molar-refractivity contribution in [3.05, 3.63) is 24.3 Å². The number of imidazole rings is 1. The largest absolute Gasteiger partial charge is 0.369 e. The summed E-state index contributed by atoms with van der Waals surface area (Å²) in [6, 6.07) is 8.34. The lowest BCUT2D eigenvalue weighted by atomic mass is 10.1. The van der Waals surface area contributed by atoms with Crippen molar-refractivity contribution in [2.24, 2.45) is 0 Å². The quantitative estimate of drug-likeness (QED) is 0.836. The van der Waals surface area contributed by atoms with Crippen LogP contribution in [0.25, 0.3) is 11.0 Å². The van der Waals surface area contributed by atoms with Gasteiger partial charge in [-0.05, 0) is 25.0 Å². The van der Waals surface area contributed by atoms with Crippen LogP contribution in [0.2, 0.25) is 0 Å². The maximum atomic E-state index is 11.4. The number of fused-ring (bicyclic) bond motifs is 1. The van der Waals surface area contributed by atoms with Crippen LogP contribution in [0.4, 0.5) is 5.95 Å². The summed E-state index contributed by atoms with van der Waals surface area (Å²) < 4.78 is 13.5. The van der Waals surface area contributed by atoms with Gasteiger partial charge in [0.15, 0.2) is 0 Å². The predicted octanol–water partition coefficient (Wildman–Crippen LogP) is 1.70. The SMILES string of the molecule is Nc1nc2ccccc2n1C1CCS(=O)CC1. The summed E-state index contributed by atoms with van der Waals surface area (Å²) in [6.45, 7) is 0. The second-order valence-electron chi connectivity index (χ2n) is 4.41. The Morgan fingerprint density at radius 1 is 1.29 bits per heavy atom. The number of aromatic nitrogens is 2. The Morgan fingerprint density at radius 2 is 2.00 bits per heavy atom. The van der Waals surface area contributed by atoms with E-state index < -0.39 is 10.8 Å². The van der Waals surface area contributed by atoms with Gasteiger partial charge in [0, 0.05) is 28.3 Å². The highest BCUT2D eigenvalue weighted by atomic mass is 32.2. The molecule has 1 aromatic carbocycles. The summed E-state index contributed by atoms with van der Waals surface area (Å²) in [7, 11) is -0.637. The van der Waals surface area contributed by atoms with Crippen LogP contribution in [0.15, 0.2) is 24.3 Å². The molecule has 3 rings (SSSR count). The summed E-state index contributed by atoms with van der Waals surface area (Å²) >= 11 is 0. The van der Waals surface area contributed by atoms with E-state index in [2.05, 4.69) is 9.55 Å². The second-order valence-corrected chi connectivity index (χ2v) is 6.10. The van der Waals surface area contributed by atoms with Gasteiger partial charge in [-0.25, -0.2) is 4.98 Å². The van der Waals surface area contributed by atoms with E-state index in [-0.39, 0.29) is 0 Å². The molecule has 2 N–H and O–H groups in total. The number of nitrogen functional groups attached to an aromatic ring is 1. The number of nitrogens with zero attached hydrogens (tertiary/aromatic N) is 2. The molecule has 1 aliphatic rings. The zero-order valence-electron chi connectivity index (χ0n) is 9.50. The van der Waals surface area contributed by atoms with Gasteiger partial charge in [0.25, 0.3) is 0 Å². The molecule has 90 valence electrons. The first kappa shape index (κ1) is 10.8. The Labute approximate surface area is 102 Å². The summed E-state index contributed by atoms with van der Waals surface area (Å²) in [4.78, 5) is 4.37. The lowest BCUT2D eigenvalue weighted by Gasteiger charge is -2.24. The van der Waals surface area contributed by atoms with E-state index in [1.165, 1.54) is 0 Å². The molecule has 2 heterocycles. The van der Waals surface area contributed by atoms with Gasteiger partial charge in [0.05, 0.1) is 11.0 Å². The molecule has 0 spiro atoms. The number of benzene rings is 1. The molecule has 0 aliphatic carbocycles. The second kappa shape index (κ2) is 4.14. The van der Waals surface area contributed by atoms with Gasteiger partial charge >= 0.3 is 0 Å². The number of para-hydroxylation sites is 2. The summed E-state index contributed by atoms with van der Waals surface area (Å²) in [5.74, 6) is 2.12. The Balaban J connectivity index is 2.04. The molecule has 0 bridgehead atoms. The molecule has 0 saturated carbocycles. The number of nitrogens with two attached hydrogens (primary N) is 1. The topological polar surface area (TPSA) is 60.9 Å². The van der Waals surface area contributed by atoms with Gasteiger partial charge in [0.2, 0.25) is 5.95 Å². The Hall–Kier alpha value is -1.36. The van der Waals surface area contributed by atoms with E-state index in [4.69, 9.17) is 5.73 Å². The molecule has 1 fully saturated rings. The third-order valence-corrected chi connectivity index (χ3v) is 4.73. The zero-order chi connectivity index (χ0) is 11.8. The normalized spacial score (nSPS) is 25.2. The Morgan fingerprint density at radius 3 is 2.76 bits per heavy atom. The number of anilines is 1. The van der Waals surface area contributed by atoms with Crippen LogP contribution in [0.1, 0.15) is 18.9 Å². The van der Waals surface area contributed by atoms with Crippen LogP contribution in [0.3, 0.4) is 0 Å². The maximum Gasteiger partial charge on any atom is 0.201 e. The van der Waals surface area contributed by atoms with Gasteiger partial charge < -0.3 is 10.3 Å². The molecule has 1 aliphatic heterocycles. The van der Waals surface area contributed by atoms with Crippen molar-refractivity contribution >= 4 is 27.8 Å². The van der Waals surface area contributed by atoms with Crippen molar-refractivity contribution in [2.45, 2.75) is 18.9 Å². The van der Waals surface area contributed by atoms with Gasteiger partial charge in [-0.2, -0.15) is 0 Å². The van der Waals surface area contributed by atoms with E-state index in [0.717, 1.165) is 35.4 Å². The summed E-state index contributed by atoms with van der Waals surface area (Å²) in [5.41, 5.74) is 8.02. The van der Waals surface area contributed by atoms with Crippen molar-refractivity contribution in [3.8, 4) is 0 Å². The van der Waals surface area contributed by atoms with Crippen LogP contribution >= 0.6 is 0 Å². The Kier molecular flexibility index (Phi) is 2.63. The molecule has 0 atom stereocenters. The lowest BCUT2D eigenvalue weighted by Crippen LogP contribution is -2.22. The van der Waals surface area contributed by atoms with E-state index >= 15 is 0 Å². The first-order chi connectivity index (χ1) is 8.25. The van der Waals surface area contributed by atoms with E-state index in [1.807, 2.05) is 24.3 Å². The van der Waals surface area contributed by atoms with Crippen LogP contribution in [-0.4, -0.2) is 25.3 Å². The fourth-order valence-electron chi connectivity index (χ4n) is 2.49. The van der Waals surface area contributed by atoms with E-state index in [9.17, 15) is 4.21 Å². The van der Waals surface area contributed by atoms with E-state index in [1.54, 1.807) is 0 Å². The lowest BCUT2D eigenvalue weighted by molar-refractivity contribution is 0.478. The van der Waals surface area contributed by atoms with Crippen LogP contribution in [0.5, 0.6) is 0 Å². The highest BCUT2D eigenvalue weighted by molar-refractivity contribution is 7.85. The predicted molar refractivity (Wildman–Crippen MR) is 70.3 cm³/mol. The molecular weight excluding hydrogens is 234 g/mol. The monoisotopic (exact) mass is 249 g/mol. The third-order valence-electron chi connectivity index (χ3n) is 3.35. The van der Waals surface area contributed by atoms with Crippen molar-refractivity contribution in [3.63, 3.8) is 0 Å². The molecule has 0 unspecified atom stereocenters. The van der Waals surface area contributed by atoms with Crippen molar-refractivity contribution in [1.82, 2.24) is 9.55 Å². The first-order valence-corrected chi connectivity index (χ1v) is 7.32. The van der Waals surface area contributed by atoms with Crippen LogP contribution in [-0.2, 0) is 10.8 Å². The first-order valence-electron chi connectivity index (χ1n) is 5.83. The molecule has 0 amide bonds. The molecule has 5 heteroatoms. The van der Waals surface area contributed by atoms with Crippen molar-refractivity contribution in [2.75, 3.05) is 17.2 Å². The van der Waals surface area contributed by atoms with Gasteiger partial charge in [-0.15, -0.1) is 0 Å².